The molecule has 1 amide bonds. The molecule has 1 saturated heterocycles. The highest BCUT2D eigenvalue weighted by Crippen LogP contribution is 2.23. The Morgan fingerprint density at radius 2 is 1.93 bits per heavy atom. The minimum absolute atomic E-state index is 0.0129. The second-order valence-corrected chi connectivity index (χ2v) is 4.28. The summed E-state index contributed by atoms with van der Waals surface area (Å²) < 4.78 is 5.08. The number of carbonyl (C=O) groups excluding carboxylic acids is 1. The van der Waals surface area contributed by atoms with E-state index in [0.717, 1.165) is 25.7 Å². The van der Waals surface area contributed by atoms with Crippen LogP contribution in [0.3, 0.4) is 0 Å². The molecular weight excluding hydrogens is 182 g/mol. The fraction of sp³-hybridized carbons (Fsp3) is 0.900. The zero-order valence-electron chi connectivity index (χ0n) is 8.40. The molecule has 1 aliphatic carbocycles. The Labute approximate surface area is 83.6 Å². The minimum Gasteiger partial charge on any atom is -0.393 e. The van der Waals surface area contributed by atoms with E-state index < -0.39 is 0 Å². The normalized spacial score (nSPS) is 41.9. The fourth-order valence-electron chi connectivity index (χ4n) is 1.96. The highest BCUT2D eigenvalue weighted by molar-refractivity contribution is 5.83. The van der Waals surface area contributed by atoms with E-state index in [1.165, 1.54) is 0 Å². The number of ether oxygens (including phenoxy) is 1. The number of rotatable bonds is 2. The number of epoxide rings is 1. The van der Waals surface area contributed by atoms with Crippen molar-refractivity contribution in [2.75, 3.05) is 0 Å². The molecule has 0 radical (unpaired) electrons. The highest BCUT2D eigenvalue weighted by Gasteiger charge is 2.41. The first-order valence-electron chi connectivity index (χ1n) is 5.30. The topological polar surface area (TPSA) is 61.9 Å². The largest absolute Gasteiger partial charge is 0.393 e. The van der Waals surface area contributed by atoms with Gasteiger partial charge < -0.3 is 15.2 Å². The Morgan fingerprint density at radius 1 is 1.36 bits per heavy atom. The molecule has 2 aliphatic rings. The summed E-state index contributed by atoms with van der Waals surface area (Å²) in [6, 6.07) is 0.238. The van der Waals surface area contributed by atoms with Gasteiger partial charge in [-0.1, -0.05) is 0 Å². The van der Waals surface area contributed by atoms with Crippen LogP contribution >= 0.6 is 0 Å². The lowest BCUT2D eigenvalue weighted by Gasteiger charge is -2.25. The molecule has 1 aliphatic heterocycles. The quantitative estimate of drug-likeness (QED) is 0.624. The van der Waals surface area contributed by atoms with Gasteiger partial charge in [0, 0.05) is 6.04 Å². The predicted octanol–water partition coefficient (Wildman–Crippen LogP) is 0.193. The van der Waals surface area contributed by atoms with Crippen LogP contribution in [-0.4, -0.2) is 35.4 Å². The molecule has 1 heterocycles. The summed E-state index contributed by atoms with van der Waals surface area (Å²) in [4.78, 5) is 11.5. The second kappa shape index (κ2) is 3.87. The van der Waals surface area contributed by atoms with E-state index in [-0.39, 0.29) is 30.3 Å². The van der Waals surface area contributed by atoms with E-state index in [2.05, 4.69) is 5.32 Å². The zero-order chi connectivity index (χ0) is 10.1. The van der Waals surface area contributed by atoms with Crippen molar-refractivity contribution in [2.45, 2.75) is 57.0 Å². The average Bonchev–Trinajstić information content (AvgIpc) is 2.87. The number of carbonyl (C=O) groups is 1. The molecule has 0 aromatic heterocycles. The molecule has 14 heavy (non-hydrogen) atoms. The van der Waals surface area contributed by atoms with Gasteiger partial charge in [0.15, 0.2) is 6.10 Å². The van der Waals surface area contributed by atoms with E-state index in [4.69, 9.17) is 4.74 Å². The Morgan fingerprint density at radius 3 is 2.43 bits per heavy atom. The van der Waals surface area contributed by atoms with E-state index in [0.29, 0.717) is 0 Å². The Kier molecular flexibility index (Phi) is 2.74. The molecule has 0 spiro atoms. The van der Waals surface area contributed by atoms with Gasteiger partial charge in [-0.15, -0.1) is 0 Å². The Hall–Kier alpha value is -0.610. The third-order valence-electron chi connectivity index (χ3n) is 3.01. The van der Waals surface area contributed by atoms with Crippen LogP contribution in [0.5, 0.6) is 0 Å². The number of hydrogen-bond acceptors (Lipinski definition) is 3. The van der Waals surface area contributed by atoms with E-state index in [1.54, 1.807) is 0 Å². The molecule has 2 fully saturated rings. The summed E-state index contributed by atoms with van der Waals surface area (Å²) in [6.07, 6.45) is 3.06. The number of hydrogen-bond donors (Lipinski definition) is 2. The molecular formula is C10H17NO3. The summed E-state index contributed by atoms with van der Waals surface area (Å²) in [6.45, 7) is 1.90. The van der Waals surface area contributed by atoms with Crippen LogP contribution in [0.1, 0.15) is 32.6 Å². The van der Waals surface area contributed by atoms with Crippen LogP contribution in [-0.2, 0) is 9.53 Å². The predicted molar refractivity (Wildman–Crippen MR) is 50.7 cm³/mol. The minimum atomic E-state index is -0.221. The van der Waals surface area contributed by atoms with Gasteiger partial charge in [0.1, 0.15) is 0 Å². The molecule has 4 nitrogen and oxygen atoms in total. The van der Waals surface area contributed by atoms with Gasteiger partial charge in [0.2, 0.25) is 0 Å². The van der Waals surface area contributed by atoms with Crippen molar-refractivity contribution in [1.29, 1.82) is 0 Å². The maximum Gasteiger partial charge on any atom is 0.252 e. The van der Waals surface area contributed by atoms with Gasteiger partial charge >= 0.3 is 0 Å². The number of nitrogens with one attached hydrogen (secondary N) is 1. The van der Waals surface area contributed by atoms with E-state index >= 15 is 0 Å². The van der Waals surface area contributed by atoms with Gasteiger partial charge in [-0.05, 0) is 32.6 Å². The third kappa shape index (κ3) is 2.25. The van der Waals surface area contributed by atoms with Crippen molar-refractivity contribution in [3.8, 4) is 0 Å². The molecule has 0 aromatic rings. The number of aliphatic hydroxyl groups excluding tert-OH is 1. The molecule has 4 heteroatoms. The SMILES string of the molecule is C[C@@H]1O[C@H]1C(=O)NC1CCC(O)CC1. The second-order valence-electron chi connectivity index (χ2n) is 4.28. The first-order chi connectivity index (χ1) is 6.66. The van der Waals surface area contributed by atoms with E-state index in [9.17, 15) is 9.90 Å². The summed E-state index contributed by atoms with van der Waals surface area (Å²) in [5.74, 6) is 0.0129. The molecule has 80 valence electrons. The number of aliphatic hydroxyl groups is 1. The van der Waals surface area contributed by atoms with Crippen LogP contribution in [0.15, 0.2) is 0 Å². The first kappa shape index (κ1) is 9.93. The molecule has 0 aromatic carbocycles. The van der Waals surface area contributed by atoms with Crippen LogP contribution in [0.4, 0.5) is 0 Å². The summed E-state index contributed by atoms with van der Waals surface area (Å²) in [5, 5.41) is 12.2. The van der Waals surface area contributed by atoms with Crippen LogP contribution in [0.25, 0.3) is 0 Å². The van der Waals surface area contributed by atoms with Gasteiger partial charge in [-0.2, -0.15) is 0 Å². The van der Waals surface area contributed by atoms with Crippen molar-refractivity contribution in [1.82, 2.24) is 5.32 Å². The number of amides is 1. The lowest BCUT2D eigenvalue weighted by atomic mass is 9.93. The van der Waals surface area contributed by atoms with Crippen molar-refractivity contribution in [3.63, 3.8) is 0 Å². The Bertz CT molecular complexity index is 223. The average molecular weight is 199 g/mol. The van der Waals surface area contributed by atoms with Gasteiger partial charge in [-0.25, -0.2) is 0 Å². The molecule has 0 unspecified atom stereocenters. The van der Waals surface area contributed by atoms with Crippen molar-refractivity contribution < 1.29 is 14.6 Å². The molecule has 2 rings (SSSR count). The lowest BCUT2D eigenvalue weighted by molar-refractivity contribution is -0.123. The highest BCUT2D eigenvalue weighted by atomic mass is 16.6. The lowest BCUT2D eigenvalue weighted by Crippen LogP contribution is -2.41. The smallest absolute Gasteiger partial charge is 0.252 e. The third-order valence-corrected chi connectivity index (χ3v) is 3.01. The molecule has 2 atom stereocenters. The maximum atomic E-state index is 11.5. The summed E-state index contributed by atoms with van der Waals surface area (Å²) >= 11 is 0. The Balaban J connectivity index is 1.72. The van der Waals surface area contributed by atoms with Crippen LogP contribution in [0, 0.1) is 0 Å². The van der Waals surface area contributed by atoms with Crippen LogP contribution < -0.4 is 5.32 Å². The van der Waals surface area contributed by atoms with Gasteiger partial charge in [-0.3, -0.25) is 4.79 Å². The van der Waals surface area contributed by atoms with Gasteiger partial charge in [0.25, 0.3) is 5.91 Å². The standard InChI is InChI=1S/C10H17NO3/c1-6-9(14-6)10(13)11-7-2-4-8(12)5-3-7/h6-9,12H,2-5H2,1H3,(H,11,13)/t6-,7?,8?,9+/m0/s1. The van der Waals surface area contributed by atoms with E-state index in [1.807, 2.05) is 6.92 Å². The van der Waals surface area contributed by atoms with Crippen molar-refractivity contribution >= 4 is 5.91 Å². The van der Waals surface area contributed by atoms with Crippen LogP contribution in [0.2, 0.25) is 0 Å². The fourth-order valence-corrected chi connectivity index (χ4v) is 1.96. The van der Waals surface area contributed by atoms with Gasteiger partial charge in [0.05, 0.1) is 12.2 Å². The summed E-state index contributed by atoms with van der Waals surface area (Å²) in [5.41, 5.74) is 0. The maximum absolute atomic E-state index is 11.5. The van der Waals surface area contributed by atoms with Crippen molar-refractivity contribution in [2.24, 2.45) is 0 Å². The molecule has 2 N–H and O–H groups in total. The summed E-state index contributed by atoms with van der Waals surface area (Å²) in [7, 11) is 0. The first-order valence-corrected chi connectivity index (χ1v) is 5.30. The van der Waals surface area contributed by atoms with Crippen molar-refractivity contribution in [3.05, 3.63) is 0 Å². The zero-order valence-corrected chi connectivity index (χ0v) is 8.40. The molecule has 1 saturated carbocycles. The molecule has 0 bridgehead atoms. The monoisotopic (exact) mass is 199 g/mol.